The first kappa shape index (κ1) is 28.1. The van der Waals surface area contributed by atoms with Gasteiger partial charge in [-0.2, -0.15) is 0 Å². The number of nitrogen functional groups attached to an aromatic ring is 1. The van der Waals surface area contributed by atoms with Gasteiger partial charge in [0.15, 0.2) is 0 Å². The Morgan fingerprint density at radius 2 is 1.45 bits per heavy atom. The molecule has 0 spiro atoms. The number of quaternary nitrogens is 1. The largest absolute Gasteiger partial charge is 1.00 e. The van der Waals surface area contributed by atoms with Crippen molar-refractivity contribution >= 4 is 11.4 Å². The lowest BCUT2D eigenvalue weighted by Crippen LogP contribution is -3.00. The van der Waals surface area contributed by atoms with Gasteiger partial charge in [0, 0.05) is 24.3 Å². The van der Waals surface area contributed by atoms with Crippen molar-refractivity contribution in [1.29, 1.82) is 0 Å². The number of likely N-dealkylation sites (N-methyl/N-ethyl adjacent to an activating group) is 1. The maximum atomic E-state index is 6.00. The van der Waals surface area contributed by atoms with Gasteiger partial charge in [-0.15, -0.1) is 0 Å². The highest BCUT2D eigenvalue weighted by atomic mass is 35.5. The Morgan fingerprint density at radius 1 is 0.903 bits per heavy atom. The van der Waals surface area contributed by atoms with Crippen molar-refractivity contribution in [3.63, 3.8) is 0 Å². The number of benzene rings is 1. The summed E-state index contributed by atoms with van der Waals surface area (Å²) in [5.41, 5.74) is 9.44. The molecule has 1 unspecified atom stereocenters. The molecule has 0 amide bonds. The van der Waals surface area contributed by atoms with Crippen molar-refractivity contribution < 1.29 is 16.9 Å². The Kier molecular flexibility index (Phi) is 13.6. The van der Waals surface area contributed by atoms with Gasteiger partial charge in [-0.05, 0) is 43.5 Å². The molecule has 4 heteroatoms. The van der Waals surface area contributed by atoms with Crippen molar-refractivity contribution in [3.05, 3.63) is 23.8 Å². The predicted octanol–water partition coefficient (Wildman–Crippen LogP) is 3.94. The Balaban J connectivity index is 0.00000480. The third-order valence-corrected chi connectivity index (χ3v) is 7.36. The highest BCUT2D eigenvalue weighted by Gasteiger charge is 2.34. The molecule has 1 heterocycles. The second-order valence-electron chi connectivity index (χ2n) is 10.3. The summed E-state index contributed by atoms with van der Waals surface area (Å²) >= 11 is 0. The van der Waals surface area contributed by atoms with E-state index in [0.29, 0.717) is 0 Å². The second-order valence-corrected chi connectivity index (χ2v) is 10.3. The van der Waals surface area contributed by atoms with E-state index >= 15 is 0 Å². The number of hydrogen-bond acceptors (Lipinski definition) is 2. The van der Waals surface area contributed by atoms with E-state index < -0.39 is 0 Å². The van der Waals surface area contributed by atoms with Crippen molar-refractivity contribution in [3.8, 4) is 0 Å². The number of nitrogens with two attached hydrogens (primary N) is 1. The molecule has 0 saturated carbocycles. The van der Waals surface area contributed by atoms with E-state index in [9.17, 15) is 0 Å². The molecule has 1 atom stereocenters. The molecular formula is C27H50ClN3. The van der Waals surface area contributed by atoms with E-state index in [1.165, 1.54) is 119 Å². The first-order valence-corrected chi connectivity index (χ1v) is 12.9. The van der Waals surface area contributed by atoms with E-state index in [4.69, 9.17) is 5.73 Å². The van der Waals surface area contributed by atoms with Gasteiger partial charge in [0.25, 0.3) is 0 Å². The number of halogens is 1. The standard InChI is InChI=1S/C27H50N3.ClH/c1-5-6-7-8-9-10-11-12-13-14-15-16-21-30(3,4)26-19-20-29(23-26)25-17-18-27(28)24(2)22-25;/h17-18,22,26H,5-16,19-21,23,28H2,1-4H3;1H/q+1;/p-1. The van der Waals surface area contributed by atoms with Crippen molar-refractivity contribution in [2.24, 2.45) is 0 Å². The molecule has 3 nitrogen and oxygen atoms in total. The summed E-state index contributed by atoms with van der Waals surface area (Å²) in [6.45, 7) is 8.07. The molecule has 2 rings (SSSR count). The summed E-state index contributed by atoms with van der Waals surface area (Å²) in [4.78, 5) is 2.55. The minimum absolute atomic E-state index is 0. The van der Waals surface area contributed by atoms with Crippen LogP contribution in [-0.2, 0) is 0 Å². The van der Waals surface area contributed by atoms with Gasteiger partial charge >= 0.3 is 0 Å². The third kappa shape index (κ3) is 10.0. The van der Waals surface area contributed by atoms with Crippen LogP contribution in [0.5, 0.6) is 0 Å². The number of hydrogen-bond donors (Lipinski definition) is 1. The highest BCUT2D eigenvalue weighted by Crippen LogP contribution is 2.28. The van der Waals surface area contributed by atoms with Gasteiger partial charge in [0.05, 0.1) is 27.2 Å². The van der Waals surface area contributed by atoms with Crippen LogP contribution in [0, 0.1) is 6.92 Å². The summed E-state index contributed by atoms with van der Waals surface area (Å²) in [5.74, 6) is 0. The number of aryl methyl sites for hydroxylation is 1. The lowest BCUT2D eigenvalue weighted by atomic mass is 10.0. The highest BCUT2D eigenvalue weighted by molar-refractivity contribution is 5.58. The summed E-state index contributed by atoms with van der Waals surface area (Å²) in [7, 11) is 4.89. The Labute approximate surface area is 199 Å². The monoisotopic (exact) mass is 451 g/mol. The summed E-state index contributed by atoms with van der Waals surface area (Å²) < 4.78 is 1.17. The number of rotatable bonds is 15. The van der Waals surface area contributed by atoms with Crippen molar-refractivity contribution in [2.75, 3.05) is 44.4 Å². The van der Waals surface area contributed by atoms with E-state index in [0.717, 1.165) is 11.7 Å². The molecular weight excluding hydrogens is 402 g/mol. The minimum atomic E-state index is 0. The van der Waals surface area contributed by atoms with Crippen LogP contribution in [-0.4, -0.2) is 44.3 Å². The molecule has 1 fully saturated rings. The SMILES string of the molecule is CCCCCCCCCCCCCC[N+](C)(C)C1CCN(c2ccc(N)c(C)c2)C1.[Cl-]. The topological polar surface area (TPSA) is 29.3 Å². The Morgan fingerprint density at radius 3 is 2.00 bits per heavy atom. The number of unbranched alkanes of at least 4 members (excludes halogenated alkanes) is 11. The molecule has 2 N–H and O–H groups in total. The molecule has 0 radical (unpaired) electrons. The van der Waals surface area contributed by atoms with E-state index in [1.54, 1.807) is 0 Å². The van der Waals surface area contributed by atoms with Gasteiger partial charge in [0.1, 0.15) is 6.04 Å². The average molecular weight is 452 g/mol. The van der Waals surface area contributed by atoms with Gasteiger partial charge < -0.3 is 27.5 Å². The molecule has 0 aromatic heterocycles. The Hall–Kier alpha value is -0.930. The molecule has 1 aromatic rings. The molecule has 0 bridgehead atoms. The summed E-state index contributed by atoms with van der Waals surface area (Å²) in [6, 6.07) is 7.25. The zero-order valence-electron chi connectivity index (χ0n) is 21.0. The zero-order chi connectivity index (χ0) is 21.8. The van der Waals surface area contributed by atoms with Gasteiger partial charge in [-0.25, -0.2) is 0 Å². The van der Waals surface area contributed by atoms with Crippen LogP contribution >= 0.6 is 0 Å². The molecule has 1 saturated heterocycles. The van der Waals surface area contributed by atoms with Gasteiger partial charge in [-0.3, -0.25) is 0 Å². The number of nitrogens with zero attached hydrogens (tertiary/aromatic N) is 2. The first-order chi connectivity index (χ1) is 14.4. The zero-order valence-corrected chi connectivity index (χ0v) is 21.7. The lowest BCUT2D eigenvalue weighted by Gasteiger charge is -2.36. The second kappa shape index (κ2) is 15.0. The smallest absolute Gasteiger partial charge is 0.108 e. The lowest BCUT2D eigenvalue weighted by molar-refractivity contribution is -0.912. The van der Waals surface area contributed by atoms with Crippen LogP contribution in [0.1, 0.15) is 96.0 Å². The molecule has 31 heavy (non-hydrogen) atoms. The predicted molar refractivity (Wildman–Crippen MR) is 134 cm³/mol. The average Bonchev–Trinajstić information content (AvgIpc) is 3.22. The molecule has 0 aliphatic carbocycles. The van der Waals surface area contributed by atoms with Gasteiger partial charge in [-0.1, -0.05) is 71.1 Å². The van der Waals surface area contributed by atoms with Crippen LogP contribution in [0.4, 0.5) is 11.4 Å². The molecule has 180 valence electrons. The quantitative estimate of drug-likeness (QED) is 0.248. The van der Waals surface area contributed by atoms with Gasteiger partial charge in [0.2, 0.25) is 0 Å². The summed E-state index contributed by atoms with van der Waals surface area (Å²) in [5, 5.41) is 0. The fraction of sp³-hybridized carbons (Fsp3) is 0.778. The fourth-order valence-electron chi connectivity index (χ4n) is 4.95. The van der Waals surface area contributed by atoms with E-state index in [2.05, 4.69) is 51.0 Å². The van der Waals surface area contributed by atoms with Crippen LogP contribution in [0.15, 0.2) is 18.2 Å². The normalized spacial score (nSPS) is 16.5. The summed E-state index contributed by atoms with van der Waals surface area (Å²) in [6.07, 6.45) is 18.5. The fourth-order valence-corrected chi connectivity index (χ4v) is 4.95. The minimum Gasteiger partial charge on any atom is -1.00 e. The van der Waals surface area contributed by atoms with Crippen LogP contribution in [0.2, 0.25) is 0 Å². The molecule has 1 aromatic carbocycles. The Bertz CT molecular complexity index is 602. The number of anilines is 2. The van der Waals surface area contributed by atoms with E-state index in [-0.39, 0.29) is 12.4 Å². The molecule has 1 aliphatic heterocycles. The van der Waals surface area contributed by atoms with E-state index in [1.807, 2.05) is 0 Å². The maximum absolute atomic E-state index is 6.00. The van der Waals surface area contributed by atoms with Crippen molar-refractivity contribution in [2.45, 2.75) is 103 Å². The third-order valence-electron chi connectivity index (χ3n) is 7.36. The maximum Gasteiger partial charge on any atom is 0.108 e. The van der Waals surface area contributed by atoms with Crippen LogP contribution in [0.3, 0.4) is 0 Å². The first-order valence-electron chi connectivity index (χ1n) is 12.9. The molecule has 1 aliphatic rings. The van der Waals surface area contributed by atoms with Crippen LogP contribution < -0.4 is 23.0 Å². The van der Waals surface area contributed by atoms with Crippen LogP contribution in [0.25, 0.3) is 0 Å². The van der Waals surface area contributed by atoms with Crippen molar-refractivity contribution in [1.82, 2.24) is 0 Å².